The van der Waals surface area contributed by atoms with E-state index in [-0.39, 0.29) is 0 Å². The van der Waals surface area contributed by atoms with Crippen LogP contribution in [0.4, 0.5) is 0 Å². The lowest BCUT2D eigenvalue weighted by atomic mass is 10.1. The van der Waals surface area contributed by atoms with Crippen LogP contribution in [0.15, 0.2) is 0 Å². The molecule has 0 atom stereocenters. The summed E-state index contributed by atoms with van der Waals surface area (Å²) in [6.07, 6.45) is 8.40. The summed E-state index contributed by atoms with van der Waals surface area (Å²) in [5.74, 6) is 0. The molecule has 11 heavy (non-hydrogen) atoms. The Labute approximate surface area is 74.1 Å². The molecule has 0 aromatic rings. The molecule has 0 amide bonds. The molecular weight excluding hydrogens is 152 g/mol. The molecule has 0 fully saturated rings. The van der Waals surface area contributed by atoms with E-state index >= 15 is 0 Å². The zero-order chi connectivity index (χ0) is 8.53. The van der Waals surface area contributed by atoms with Gasteiger partial charge in [0.2, 0.25) is 0 Å². The number of hydrogen-bond donors (Lipinski definition) is 0. The van der Waals surface area contributed by atoms with Crippen molar-refractivity contribution in [1.82, 2.24) is 0 Å². The van der Waals surface area contributed by atoms with E-state index in [1.165, 1.54) is 38.5 Å². The number of rotatable bonds is 7. The third-order valence-corrected chi connectivity index (χ3v) is 2.76. The van der Waals surface area contributed by atoms with Crippen LogP contribution < -0.4 is 0 Å². The Morgan fingerprint density at radius 2 is 1.55 bits per heavy atom. The molecule has 0 unspecified atom stereocenters. The summed E-state index contributed by atoms with van der Waals surface area (Å²) in [5, 5.41) is 0. The second-order valence-corrected chi connectivity index (χ2v) is 3.61. The van der Waals surface area contributed by atoms with Crippen molar-refractivity contribution < 1.29 is 4.43 Å². The van der Waals surface area contributed by atoms with Gasteiger partial charge < -0.3 is 4.43 Å². The first-order chi connectivity index (χ1) is 5.35. The van der Waals surface area contributed by atoms with E-state index in [9.17, 15) is 0 Å². The van der Waals surface area contributed by atoms with Crippen LogP contribution in [0.25, 0.3) is 0 Å². The fourth-order valence-electron chi connectivity index (χ4n) is 1.24. The average Bonchev–Trinajstić information content (AvgIpc) is 2.05. The molecular formula is C9H22OSi. The van der Waals surface area contributed by atoms with Gasteiger partial charge in [-0.05, 0) is 12.8 Å². The van der Waals surface area contributed by atoms with Crippen molar-refractivity contribution in [2.75, 3.05) is 0 Å². The largest absolute Gasteiger partial charge is 0.425 e. The minimum Gasteiger partial charge on any atom is -0.425 e. The third-order valence-electron chi connectivity index (χ3n) is 2.09. The highest BCUT2D eigenvalue weighted by Crippen LogP contribution is 2.10. The van der Waals surface area contributed by atoms with Crippen LogP contribution in [0, 0.1) is 0 Å². The lowest BCUT2D eigenvalue weighted by molar-refractivity contribution is 0.191. The smallest absolute Gasteiger partial charge is 0.146 e. The summed E-state index contributed by atoms with van der Waals surface area (Å²) in [7, 11) is 0.906. The number of unbranched alkanes of at least 4 members (excludes halogenated alkanes) is 2. The molecule has 0 aliphatic rings. The van der Waals surface area contributed by atoms with Gasteiger partial charge in [-0.25, -0.2) is 0 Å². The average molecular weight is 174 g/mol. The summed E-state index contributed by atoms with van der Waals surface area (Å²) in [4.78, 5) is 0. The Morgan fingerprint density at radius 1 is 1.09 bits per heavy atom. The maximum absolute atomic E-state index is 5.49. The molecule has 1 nitrogen and oxygen atoms in total. The van der Waals surface area contributed by atoms with Crippen LogP contribution in [-0.2, 0) is 4.43 Å². The predicted octanol–water partition coefficient (Wildman–Crippen LogP) is 2.03. The van der Waals surface area contributed by atoms with E-state index in [0.29, 0.717) is 6.10 Å². The van der Waals surface area contributed by atoms with Gasteiger partial charge in [0, 0.05) is 6.10 Å². The molecule has 0 heterocycles. The van der Waals surface area contributed by atoms with E-state index in [0.717, 1.165) is 10.5 Å². The van der Waals surface area contributed by atoms with Crippen LogP contribution in [0.3, 0.4) is 0 Å². The third kappa shape index (κ3) is 6.57. The topological polar surface area (TPSA) is 9.23 Å². The Bertz CT molecular complexity index is 68.0. The monoisotopic (exact) mass is 174 g/mol. The second-order valence-electron chi connectivity index (χ2n) is 3.14. The summed E-state index contributed by atoms with van der Waals surface area (Å²) < 4.78 is 5.49. The van der Waals surface area contributed by atoms with Crippen LogP contribution in [0.1, 0.15) is 52.4 Å². The molecule has 0 radical (unpaired) electrons. The Kier molecular flexibility index (Phi) is 8.41. The minimum absolute atomic E-state index is 0.585. The van der Waals surface area contributed by atoms with Gasteiger partial charge in [0.25, 0.3) is 0 Å². The fourth-order valence-corrected chi connectivity index (χ4v) is 1.72. The van der Waals surface area contributed by atoms with Crippen LogP contribution in [0.2, 0.25) is 0 Å². The maximum atomic E-state index is 5.49. The van der Waals surface area contributed by atoms with Crippen LogP contribution in [0.5, 0.6) is 0 Å². The minimum atomic E-state index is 0.585. The quantitative estimate of drug-likeness (QED) is 0.537. The highest BCUT2D eigenvalue weighted by Gasteiger charge is 2.03. The molecule has 0 rings (SSSR count). The first-order valence-electron chi connectivity index (χ1n) is 4.87. The zero-order valence-corrected chi connectivity index (χ0v) is 10.2. The molecule has 2 heteroatoms. The van der Waals surface area contributed by atoms with E-state index in [1.807, 2.05) is 0 Å². The van der Waals surface area contributed by atoms with E-state index in [4.69, 9.17) is 4.43 Å². The first kappa shape index (κ1) is 11.2. The van der Waals surface area contributed by atoms with Crippen LogP contribution >= 0.6 is 0 Å². The summed E-state index contributed by atoms with van der Waals surface area (Å²) in [6, 6.07) is 0. The van der Waals surface area contributed by atoms with Gasteiger partial charge in [-0.1, -0.05) is 39.5 Å². The fraction of sp³-hybridized carbons (Fsp3) is 1.00. The molecule has 0 saturated carbocycles. The van der Waals surface area contributed by atoms with Crippen molar-refractivity contribution in [1.29, 1.82) is 0 Å². The highest BCUT2D eigenvalue weighted by atomic mass is 28.2. The van der Waals surface area contributed by atoms with Gasteiger partial charge >= 0.3 is 0 Å². The summed E-state index contributed by atoms with van der Waals surface area (Å²) in [5.41, 5.74) is 0. The van der Waals surface area contributed by atoms with Gasteiger partial charge in [-0.2, -0.15) is 0 Å². The molecule has 0 aromatic carbocycles. The Morgan fingerprint density at radius 3 is 1.82 bits per heavy atom. The molecule has 0 saturated heterocycles. The SMILES string of the molecule is CCCCC(CCCC)O[SiH3]. The molecule has 0 aromatic heterocycles. The van der Waals surface area contributed by atoms with Gasteiger partial charge in [0.05, 0.1) is 0 Å². The molecule has 68 valence electrons. The zero-order valence-electron chi connectivity index (χ0n) is 8.23. The van der Waals surface area contributed by atoms with Gasteiger partial charge in [0.1, 0.15) is 10.5 Å². The Hall–Kier alpha value is 0.177. The van der Waals surface area contributed by atoms with E-state index in [1.54, 1.807) is 0 Å². The normalized spacial score (nSPS) is 11.2. The van der Waals surface area contributed by atoms with Crippen molar-refractivity contribution >= 4 is 10.5 Å². The Balaban J connectivity index is 3.25. The van der Waals surface area contributed by atoms with Crippen molar-refractivity contribution in [3.8, 4) is 0 Å². The second kappa shape index (κ2) is 8.28. The maximum Gasteiger partial charge on any atom is 0.146 e. The van der Waals surface area contributed by atoms with Crippen molar-refractivity contribution in [2.24, 2.45) is 0 Å². The number of hydrogen-bond acceptors (Lipinski definition) is 1. The molecule has 0 bridgehead atoms. The van der Waals surface area contributed by atoms with E-state index in [2.05, 4.69) is 13.8 Å². The van der Waals surface area contributed by atoms with Crippen LogP contribution in [-0.4, -0.2) is 16.6 Å². The molecule has 0 spiro atoms. The summed E-state index contributed by atoms with van der Waals surface area (Å²) >= 11 is 0. The molecule has 0 aliphatic carbocycles. The van der Waals surface area contributed by atoms with Crippen molar-refractivity contribution in [3.63, 3.8) is 0 Å². The summed E-state index contributed by atoms with van der Waals surface area (Å²) in [6.45, 7) is 4.48. The van der Waals surface area contributed by atoms with Crippen molar-refractivity contribution in [3.05, 3.63) is 0 Å². The lowest BCUT2D eigenvalue weighted by Crippen LogP contribution is -2.10. The highest BCUT2D eigenvalue weighted by molar-refractivity contribution is 5.98. The standard InChI is InChI=1S/C9H22OSi/c1-3-5-7-9(10-11)8-6-4-2/h9H,3-8H2,1-2,11H3. The molecule has 0 N–H and O–H groups in total. The lowest BCUT2D eigenvalue weighted by Gasteiger charge is -2.14. The van der Waals surface area contributed by atoms with Crippen molar-refractivity contribution in [2.45, 2.75) is 58.5 Å². The predicted molar refractivity (Wildman–Crippen MR) is 53.9 cm³/mol. The molecule has 0 aliphatic heterocycles. The first-order valence-corrected chi connectivity index (χ1v) is 5.69. The van der Waals surface area contributed by atoms with Gasteiger partial charge in [-0.3, -0.25) is 0 Å². The van der Waals surface area contributed by atoms with Gasteiger partial charge in [-0.15, -0.1) is 0 Å². The van der Waals surface area contributed by atoms with Gasteiger partial charge in [0.15, 0.2) is 0 Å². The van der Waals surface area contributed by atoms with E-state index < -0.39 is 0 Å².